The van der Waals surface area contributed by atoms with Crippen LogP contribution >= 0.6 is 11.3 Å². The summed E-state index contributed by atoms with van der Waals surface area (Å²) < 4.78 is 4.01. The van der Waals surface area contributed by atoms with Crippen LogP contribution in [0.2, 0.25) is 0 Å². The van der Waals surface area contributed by atoms with Gasteiger partial charge in [0.1, 0.15) is 6.04 Å². The Labute approximate surface area is 186 Å². The van der Waals surface area contributed by atoms with Crippen LogP contribution in [-0.4, -0.2) is 41.4 Å². The van der Waals surface area contributed by atoms with Crippen molar-refractivity contribution >= 4 is 11.3 Å². The number of aromatic nitrogens is 6. The lowest BCUT2D eigenvalue weighted by Crippen LogP contribution is -2.39. The normalized spacial score (nSPS) is 17.1. The predicted molar refractivity (Wildman–Crippen MR) is 121 cm³/mol. The molecule has 4 aromatic rings. The van der Waals surface area contributed by atoms with E-state index in [1.54, 1.807) is 11.3 Å². The molecular formula is C23H27N7S. The van der Waals surface area contributed by atoms with E-state index in [1.807, 2.05) is 10.7 Å². The molecule has 0 saturated heterocycles. The monoisotopic (exact) mass is 433 g/mol. The van der Waals surface area contributed by atoms with E-state index in [1.165, 1.54) is 16.0 Å². The number of nitrogens with zero attached hydrogens (tertiary/aromatic N) is 7. The number of fused-ring (bicyclic) bond motifs is 1. The highest BCUT2D eigenvalue weighted by Gasteiger charge is 2.37. The number of thiophene rings is 1. The number of tetrazole rings is 1. The minimum absolute atomic E-state index is 0.0235. The molecule has 0 N–H and O–H groups in total. The van der Waals surface area contributed by atoms with Gasteiger partial charge in [0.05, 0.1) is 18.8 Å². The summed E-state index contributed by atoms with van der Waals surface area (Å²) in [6.07, 6.45) is 2.20. The Balaban J connectivity index is 1.58. The minimum atomic E-state index is -0.0956. The van der Waals surface area contributed by atoms with Gasteiger partial charge >= 0.3 is 0 Å². The molecule has 1 unspecified atom stereocenters. The molecule has 0 radical (unpaired) electrons. The maximum Gasteiger partial charge on any atom is 0.173 e. The van der Waals surface area contributed by atoms with Crippen LogP contribution < -0.4 is 0 Å². The molecule has 0 amide bonds. The summed E-state index contributed by atoms with van der Waals surface area (Å²) in [5, 5.41) is 19.9. The number of rotatable bonds is 5. The van der Waals surface area contributed by atoms with E-state index in [0.29, 0.717) is 0 Å². The van der Waals surface area contributed by atoms with E-state index in [4.69, 9.17) is 5.10 Å². The Morgan fingerprint density at radius 2 is 1.87 bits per heavy atom. The van der Waals surface area contributed by atoms with Crippen molar-refractivity contribution in [1.29, 1.82) is 0 Å². The summed E-state index contributed by atoms with van der Waals surface area (Å²) in [7, 11) is 0. The van der Waals surface area contributed by atoms with Gasteiger partial charge in [-0.25, -0.2) is 4.68 Å². The third-order valence-electron chi connectivity index (χ3n) is 5.69. The quantitative estimate of drug-likeness (QED) is 0.478. The van der Waals surface area contributed by atoms with Gasteiger partial charge in [-0.3, -0.25) is 9.58 Å². The maximum absolute atomic E-state index is 5.06. The first kappa shape index (κ1) is 20.1. The zero-order chi connectivity index (χ0) is 21.4. The Morgan fingerprint density at radius 1 is 1.03 bits per heavy atom. The van der Waals surface area contributed by atoms with Crippen molar-refractivity contribution in [3.05, 3.63) is 81.6 Å². The SMILES string of the molecule is CC(C)(C)c1nn(Cc2ccccc2)cc1C1c2nnnn2CCN1Cc1cccs1. The second kappa shape index (κ2) is 8.01. The second-order valence-corrected chi connectivity index (χ2v) is 10.1. The molecule has 1 atom stereocenters. The summed E-state index contributed by atoms with van der Waals surface area (Å²) in [4.78, 5) is 3.83. The predicted octanol–water partition coefficient (Wildman–Crippen LogP) is 3.88. The fraction of sp³-hybridized carbons (Fsp3) is 0.391. The summed E-state index contributed by atoms with van der Waals surface area (Å²) in [6.45, 7) is 9.99. The van der Waals surface area contributed by atoms with Crippen LogP contribution in [0, 0.1) is 0 Å². The second-order valence-electron chi connectivity index (χ2n) is 9.08. The Morgan fingerprint density at radius 3 is 2.61 bits per heavy atom. The van der Waals surface area contributed by atoms with Crippen LogP contribution in [0.15, 0.2) is 54.0 Å². The lowest BCUT2D eigenvalue weighted by molar-refractivity contribution is 0.164. The van der Waals surface area contributed by atoms with Crippen LogP contribution in [0.4, 0.5) is 0 Å². The zero-order valence-corrected chi connectivity index (χ0v) is 19.0. The number of hydrogen-bond acceptors (Lipinski definition) is 6. The van der Waals surface area contributed by atoms with E-state index >= 15 is 0 Å². The van der Waals surface area contributed by atoms with Gasteiger partial charge in [0.15, 0.2) is 5.82 Å². The molecule has 0 saturated carbocycles. The van der Waals surface area contributed by atoms with Gasteiger partial charge < -0.3 is 0 Å². The van der Waals surface area contributed by atoms with E-state index in [0.717, 1.165) is 37.7 Å². The fourth-order valence-electron chi connectivity index (χ4n) is 4.26. The molecule has 160 valence electrons. The summed E-state index contributed by atoms with van der Waals surface area (Å²) in [6, 6.07) is 14.8. The van der Waals surface area contributed by atoms with Crippen LogP contribution in [0.25, 0.3) is 0 Å². The standard InChI is InChI=1S/C23H27N7S/c1-23(2,3)21-19(16-29(25-21)14-17-8-5-4-6-9-17)20-22-24-26-27-30(22)12-11-28(20)15-18-10-7-13-31-18/h4-10,13,16,20H,11-12,14-15H2,1-3H3. The van der Waals surface area contributed by atoms with Gasteiger partial charge in [-0.05, 0) is 27.4 Å². The van der Waals surface area contributed by atoms with Gasteiger partial charge in [0.25, 0.3) is 0 Å². The molecule has 8 heteroatoms. The van der Waals surface area contributed by atoms with Crippen molar-refractivity contribution in [2.75, 3.05) is 6.54 Å². The number of hydrogen-bond donors (Lipinski definition) is 0. The molecule has 0 spiro atoms. The molecule has 1 aliphatic rings. The highest BCUT2D eigenvalue weighted by Crippen LogP contribution is 2.37. The highest BCUT2D eigenvalue weighted by atomic mass is 32.1. The third-order valence-corrected chi connectivity index (χ3v) is 6.55. The Bertz CT molecular complexity index is 1140. The average molecular weight is 434 g/mol. The lowest BCUT2D eigenvalue weighted by atomic mass is 9.86. The van der Waals surface area contributed by atoms with E-state index in [-0.39, 0.29) is 11.5 Å². The summed E-state index contributed by atoms with van der Waals surface area (Å²) in [5.41, 5.74) is 3.43. The van der Waals surface area contributed by atoms with Crippen molar-refractivity contribution < 1.29 is 0 Å². The first-order valence-corrected chi connectivity index (χ1v) is 11.5. The molecule has 31 heavy (non-hydrogen) atoms. The van der Waals surface area contributed by atoms with Gasteiger partial charge in [-0.1, -0.05) is 57.2 Å². The molecular weight excluding hydrogens is 406 g/mol. The summed E-state index contributed by atoms with van der Waals surface area (Å²) in [5.74, 6) is 0.896. The van der Waals surface area contributed by atoms with E-state index in [2.05, 4.69) is 93.9 Å². The van der Waals surface area contributed by atoms with Crippen molar-refractivity contribution in [2.45, 2.75) is 51.9 Å². The first-order chi connectivity index (χ1) is 15.0. The molecule has 1 aliphatic heterocycles. The largest absolute Gasteiger partial charge is 0.283 e. The van der Waals surface area contributed by atoms with Crippen molar-refractivity contribution in [1.82, 2.24) is 34.9 Å². The molecule has 1 aromatic carbocycles. The molecule has 0 aliphatic carbocycles. The molecule has 3 aromatic heterocycles. The van der Waals surface area contributed by atoms with Crippen molar-refractivity contribution in [3.63, 3.8) is 0 Å². The highest BCUT2D eigenvalue weighted by molar-refractivity contribution is 7.09. The van der Waals surface area contributed by atoms with Crippen LogP contribution in [0.3, 0.4) is 0 Å². The zero-order valence-electron chi connectivity index (χ0n) is 18.1. The fourth-order valence-corrected chi connectivity index (χ4v) is 4.99. The molecule has 0 fully saturated rings. The maximum atomic E-state index is 5.06. The molecule has 7 nitrogen and oxygen atoms in total. The lowest BCUT2D eigenvalue weighted by Gasteiger charge is -2.35. The molecule has 4 heterocycles. The van der Waals surface area contributed by atoms with E-state index in [9.17, 15) is 0 Å². The van der Waals surface area contributed by atoms with Crippen LogP contribution in [0.1, 0.15) is 54.3 Å². The Kier molecular flexibility index (Phi) is 5.19. The Hall–Kier alpha value is -2.84. The summed E-state index contributed by atoms with van der Waals surface area (Å²) >= 11 is 1.79. The van der Waals surface area contributed by atoms with Gasteiger partial charge in [0, 0.05) is 35.1 Å². The van der Waals surface area contributed by atoms with Crippen LogP contribution in [-0.2, 0) is 25.0 Å². The number of benzene rings is 1. The minimum Gasteiger partial charge on any atom is -0.283 e. The topological polar surface area (TPSA) is 64.7 Å². The van der Waals surface area contributed by atoms with Crippen molar-refractivity contribution in [3.8, 4) is 0 Å². The molecule has 0 bridgehead atoms. The first-order valence-electron chi connectivity index (χ1n) is 10.6. The van der Waals surface area contributed by atoms with Gasteiger partial charge in [0.2, 0.25) is 0 Å². The van der Waals surface area contributed by atoms with E-state index < -0.39 is 0 Å². The smallest absolute Gasteiger partial charge is 0.173 e. The van der Waals surface area contributed by atoms with Gasteiger partial charge in [-0.2, -0.15) is 5.10 Å². The van der Waals surface area contributed by atoms with Crippen molar-refractivity contribution in [2.24, 2.45) is 0 Å². The molecule has 5 rings (SSSR count). The van der Waals surface area contributed by atoms with Crippen LogP contribution in [0.5, 0.6) is 0 Å². The third kappa shape index (κ3) is 4.05. The average Bonchev–Trinajstić information content (AvgIpc) is 3.49. The van der Waals surface area contributed by atoms with Gasteiger partial charge in [-0.15, -0.1) is 16.4 Å².